The van der Waals surface area contributed by atoms with Gasteiger partial charge in [-0.3, -0.25) is 0 Å². The molecule has 1 aliphatic rings. The minimum absolute atomic E-state index is 0.135. The van der Waals surface area contributed by atoms with E-state index in [9.17, 15) is 0 Å². The minimum Gasteiger partial charge on any atom is -0.381 e. The monoisotopic (exact) mass is 219 g/mol. The smallest absolute Gasteiger partial charge is 0.0484 e. The van der Waals surface area contributed by atoms with Crippen LogP contribution < -0.4 is 5.32 Å². The zero-order valence-electron chi connectivity index (χ0n) is 9.31. The van der Waals surface area contributed by atoms with E-state index in [2.05, 4.69) is 19.2 Å². The van der Waals surface area contributed by atoms with Crippen LogP contribution in [0.25, 0.3) is 0 Å². The van der Waals surface area contributed by atoms with Crippen LogP contribution in [0.5, 0.6) is 0 Å². The number of ether oxygens (including phenoxy) is 1. The summed E-state index contributed by atoms with van der Waals surface area (Å²) >= 11 is 6.08. The molecule has 0 spiro atoms. The Labute approximate surface area is 92.3 Å². The molecular formula is C11H22ClNO. The first-order chi connectivity index (χ1) is 6.76. The molecule has 1 fully saturated rings. The molecule has 0 aromatic rings. The maximum Gasteiger partial charge on any atom is 0.0484 e. The lowest BCUT2D eigenvalue weighted by atomic mass is 9.90. The van der Waals surface area contributed by atoms with Crippen molar-refractivity contribution >= 4 is 11.6 Å². The van der Waals surface area contributed by atoms with Crippen LogP contribution in [-0.2, 0) is 4.74 Å². The van der Waals surface area contributed by atoms with E-state index in [0.717, 1.165) is 26.1 Å². The molecule has 0 aromatic heterocycles. The lowest BCUT2D eigenvalue weighted by molar-refractivity contribution is 0.0414. The molecule has 0 unspecified atom stereocenters. The summed E-state index contributed by atoms with van der Waals surface area (Å²) in [7, 11) is 0. The van der Waals surface area contributed by atoms with E-state index in [1.807, 2.05) is 0 Å². The number of halogens is 1. The summed E-state index contributed by atoms with van der Waals surface area (Å²) in [5.41, 5.74) is 0.135. The van der Waals surface area contributed by atoms with Crippen molar-refractivity contribution < 1.29 is 4.74 Å². The highest BCUT2D eigenvalue weighted by atomic mass is 35.5. The quantitative estimate of drug-likeness (QED) is 0.718. The fourth-order valence-electron chi connectivity index (χ4n) is 2.00. The predicted octanol–water partition coefficient (Wildman–Crippen LogP) is 2.55. The van der Waals surface area contributed by atoms with E-state index in [1.165, 1.54) is 12.8 Å². The van der Waals surface area contributed by atoms with Gasteiger partial charge in [-0.25, -0.2) is 0 Å². The van der Waals surface area contributed by atoms with Gasteiger partial charge in [0.1, 0.15) is 0 Å². The number of hydrogen-bond acceptors (Lipinski definition) is 2. The van der Waals surface area contributed by atoms with Crippen molar-refractivity contribution in [1.29, 1.82) is 0 Å². The summed E-state index contributed by atoms with van der Waals surface area (Å²) in [5.74, 6) is 0.701. The third-order valence-electron chi connectivity index (χ3n) is 3.20. The van der Waals surface area contributed by atoms with Crippen LogP contribution in [0.15, 0.2) is 0 Å². The van der Waals surface area contributed by atoms with Gasteiger partial charge in [-0.1, -0.05) is 13.8 Å². The van der Waals surface area contributed by atoms with Gasteiger partial charge in [0.15, 0.2) is 0 Å². The van der Waals surface area contributed by atoms with E-state index < -0.39 is 0 Å². The predicted molar refractivity (Wildman–Crippen MR) is 61.0 cm³/mol. The number of hydrogen-bond donors (Lipinski definition) is 1. The molecule has 14 heavy (non-hydrogen) atoms. The Bertz CT molecular complexity index is 153. The van der Waals surface area contributed by atoms with Crippen molar-refractivity contribution in [3.63, 3.8) is 0 Å². The number of alkyl halides is 1. The molecule has 1 heterocycles. The van der Waals surface area contributed by atoms with Crippen LogP contribution >= 0.6 is 11.6 Å². The standard InChI is InChI=1S/C11H22ClNO/c1-3-10(4-2)13-11(9-12)5-7-14-8-6-11/h10,13H,3-9H2,1-2H3. The molecule has 84 valence electrons. The summed E-state index contributed by atoms with van der Waals surface area (Å²) in [6.07, 6.45) is 4.45. The summed E-state index contributed by atoms with van der Waals surface area (Å²) in [6.45, 7) is 6.14. The van der Waals surface area contributed by atoms with Crippen molar-refractivity contribution in [1.82, 2.24) is 5.32 Å². The molecule has 1 saturated heterocycles. The Kier molecular flexibility index (Phi) is 5.21. The molecule has 0 amide bonds. The van der Waals surface area contributed by atoms with Gasteiger partial charge >= 0.3 is 0 Å². The Balaban J connectivity index is 2.50. The summed E-state index contributed by atoms with van der Waals surface area (Å²) in [4.78, 5) is 0. The molecule has 0 radical (unpaired) electrons. The van der Waals surface area contributed by atoms with Crippen LogP contribution in [0.2, 0.25) is 0 Å². The summed E-state index contributed by atoms with van der Waals surface area (Å²) < 4.78 is 5.38. The first kappa shape index (κ1) is 12.3. The van der Waals surface area contributed by atoms with E-state index in [4.69, 9.17) is 16.3 Å². The SMILES string of the molecule is CCC(CC)NC1(CCl)CCOCC1. The lowest BCUT2D eigenvalue weighted by Crippen LogP contribution is -2.54. The molecular weight excluding hydrogens is 198 g/mol. The van der Waals surface area contributed by atoms with Crippen molar-refractivity contribution in [3.05, 3.63) is 0 Å². The fraction of sp³-hybridized carbons (Fsp3) is 1.00. The first-order valence-electron chi connectivity index (χ1n) is 5.67. The topological polar surface area (TPSA) is 21.3 Å². The van der Waals surface area contributed by atoms with Crippen molar-refractivity contribution in [2.45, 2.75) is 51.1 Å². The van der Waals surface area contributed by atoms with Gasteiger partial charge in [-0.05, 0) is 25.7 Å². The van der Waals surface area contributed by atoms with E-state index in [-0.39, 0.29) is 5.54 Å². The maximum atomic E-state index is 6.08. The Hall–Kier alpha value is 0.210. The molecule has 0 aliphatic carbocycles. The average molecular weight is 220 g/mol. The molecule has 1 rings (SSSR count). The highest BCUT2D eigenvalue weighted by molar-refractivity contribution is 6.18. The molecule has 2 nitrogen and oxygen atoms in total. The minimum atomic E-state index is 0.135. The lowest BCUT2D eigenvalue weighted by Gasteiger charge is -2.39. The van der Waals surface area contributed by atoms with Gasteiger partial charge in [0.2, 0.25) is 0 Å². The van der Waals surface area contributed by atoms with Crippen LogP contribution in [0.1, 0.15) is 39.5 Å². The van der Waals surface area contributed by atoms with E-state index in [1.54, 1.807) is 0 Å². The summed E-state index contributed by atoms with van der Waals surface area (Å²) in [6, 6.07) is 0.604. The van der Waals surface area contributed by atoms with Crippen LogP contribution in [-0.4, -0.2) is 30.7 Å². The van der Waals surface area contributed by atoms with Gasteiger partial charge in [0, 0.05) is 30.7 Å². The van der Waals surface area contributed by atoms with Gasteiger partial charge < -0.3 is 10.1 Å². The Morgan fingerprint density at radius 3 is 2.29 bits per heavy atom. The highest BCUT2D eigenvalue weighted by Gasteiger charge is 2.32. The van der Waals surface area contributed by atoms with Crippen LogP contribution in [0, 0.1) is 0 Å². The van der Waals surface area contributed by atoms with Gasteiger partial charge in [-0.15, -0.1) is 11.6 Å². The zero-order valence-corrected chi connectivity index (χ0v) is 10.1. The second kappa shape index (κ2) is 5.94. The molecule has 1 N–H and O–H groups in total. The second-order valence-electron chi connectivity index (χ2n) is 4.18. The zero-order chi connectivity index (χ0) is 10.4. The molecule has 1 aliphatic heterocycles. The molecule has 3 heteroatoms. The van der Waals surface area contributed by atoms with Gasteiger partial charge in [-0.2, -0.15) is 0 Å². The number of rotatable bonds is 5. The van der Waals surface area contributed by atoms with Crippen LogP contribution in [0.3, 0.4) is 0 Å². The molecule has 0 saturated carbocycles. The number of nitrogens with one attached hydrogen (secondary N) is 1. The van der Waals surface area contributed by atoms with Crippen molar-refractivity contribution in [2.24, 2.45) is 0 Å². The highest BCUT2D eigenvalue weighted by Crippen LogP contribution is 2.23. The second-order valence-corrected chi connectivity index (χ2v) is 4.45. The van der Waals surface area contributed by atoms with E-state index in [0.29, 0.717) is 11.9 Å². The molecule has 0 atom stereocenters. The third kappa shape index (κ3) is 3.11. The molecule has 0 bridgehead atoms. The Morgan fingerprint density at radius 2 is 1.86 bits per heavy atom. The van der Waals surface area contributed by atoms with Gasteiger partial charge in [0.25, 0.3) is 0 Å². The average Bonchev–Trinajstić information content (AvgIpc) is 2.27. The first-order valence-corrected chi connectivity index (χ1v) is 6.21. The summed E-state index contributed by atoms with van der Waals surface area (Å²) in [5, 5.41) is 3.71. The third-order valence-corrected chi connectivity index (χ3v) is 3.71. The van der Waals surface area contributed by atoms with E-state index >= 15 is 0 Å². The van der Waals surface area contributed by atoms with Crippen molar-refractivity contribution in [2.75, 3.05) is 19.1 Å². The molecule has 0 aromatic carbocycles. The largest absolute Gasteiger partial charge is 0.381 e. The van der Waals surface area contributed by atoms with Gasteiger partial charge in [0.05, 0.1) is 0 Å². The maximum absolute atomic E-state index is 6.08. The van der Waals surface area contributed by atoms with Crippen LogP contribution in [0.4, 0.5) is 0 Å². The normalized spacial score (nSPS) is 21.4. The van der Waals surface area contributed by atoms with Crippen molar-refractivity contribution in [3.8, 4) is 0 Å². The fourth-order valence-corrected chi connectivity index (χ4v) is 2.35. The Morgan fingerprint density at radius 1 is 1.29 bits per heavy atom.